The maximum Gasteiger partial charge on any atom is 0.213 e. The molecule has 0 radical (unpaired) electrons. The van der Waals surface area contributed by atoms with Crippen LogP contribution in [-0.2, 0) is 0 Å². The van der Waals surface area contributed by atoms with Crippen LogP contribution in [0.4, 0.5) is 0 Å². The van der Waals surface area contributed by atoms with Crippen LogP contribution in [0.25, 0.3) is 22.3 Å². The molecular formula is C19H20ClNO7. The van der Waals surface area contributed by atoms with Gasteiger partial charge in [-0.1, -0.05) is 30.3 Å². The number of ether oxygens (including phenoxy) is 1. The van der Waals surface area contributed by atoms with Crippen molar-refractivity contribution in [3.8, 4) is 17.1 Å². The van der Waals surface area contributed by atoms with E-state index in [0.717, 1.165) is 33.4 Å². The standard InChI is InChI=1S/C19H19NO3.ClHO4/c1-13(21)12-20-17-11-19(14-6-4-3-5-7-14)23-18-9-8-15(22-2)10-16(17)18;2-1(3,4)5/h3-11,13,21H,12H2,1-2H3;(H,2,3,4,5). The summed E-state index contributed by atoms with van der Waals surface area (Å²) in [7, 11) is -3.31. The van der Waals surface area contributed by atoms with Gasteiger partial charge >= 0.3 is 0 Å². The van der Waals surface area contributed by atoms with Gasteiger partial charge in [0.15, 0.2) is 6.54 Å². The van der Waals surface area contributed by atoms with Crippen LogP contribution < -0.4 is 33.7 Å². The number of methoxy groups -OCH3 is 1. The third-order valence-corrected chi connectivity index (χ3v) is 3.62. The summed E-state index contributed by atoms with van der Waals surface area (Å²) in [6.45, 7) is 2.21. The molecule has 0 aliphatic heterocycles. The Hall–Kier alpha value is -2.46. The lowest BCUT2D eigenvalue weighted by Gasteiger charge is -2.17. The Labute approximate surface area is 163 Å². The molecule has 0 amide bonds. The molecule has 3 aromatic rings. The van der Waals surface area contributed by atoms with Gasteiger partial charge in [-0.3, -0.25) is 0 Å². The van der Waals surface area contributed by atoms with Gasteiger partial charge in [0.1, 0.15) is 23.2 Å². The number of hydrogen-bond acceptors (Lipinski definition) is 7. The molecule has 0 saturated carbocycles. The third kappa shape index (κ3) is 6.93. The predicted molar refractivity (Wildman–Crippen MR) is 88.8 cm³/mol. The Balaban J connectivity index is 0.000000500. The fourth-order valence-electron chi connectivity index (χ4n) is 2.44. The van der Waals surface area contributed by atoms with Gasteiger partial charge in [-0.15, -0.1) is 10.2 Å². The Morgan fingerprint density at radius 3 is 2.29 bits per heavy atom. The highest BCUT2D eigenvalue weighted by Crippen LogP contribution is 2.23. The highest BCUT2D eigenvalue weighted by Gasteiger charge is 2.10. The lowest BCUT2D eigenvalue weighted by molar-refractivity contribution is -2.00. The molecule has 9 heteroatoms. The van der Waals surface area contributed by atoms with Crippen molar-refractivity contribution in [2.75, 3.05) is 13.7 Å². The summed E-state index contributed by atoms with van der Waals surface area (Å²) in [5.41, 5.74) is 1.77. The lowest BCUT2D eigenvalue weighted by atomic mass is 10.1. The lowest BCUT2D eigenvalue weighted by Crippen LogP contribution is -2.78. The molecule has 0 saturated heterocycles. The van der Waals surface area contributed by atoms with Crippen molar-refractivity contribution in [2.45, 2.75) is 13.0 Å². The molecule has 1 heterocycles. The summed E-state index contributed by atoms with van der Waals surface area (Å²) >= 11 is 0. The first-order valence-electron chi connectivity index (χ1n) is 8.21. The molecule has 0 spiro atoms. The average molecular weight is 410 g/mol. The zero-order valence-corrected chi connectivity index (χ0v) is 16.0. The summed E-state index contributed by atoms with van der Waals surface area (Å²) in [6.07, 6.45) is -0.437. The number of hydrogen-bond donors (Lipinski definition) is 2. The second kappa shape index (κ2) is 9.65. The minimum absolute atomic E-state index is 0.437. The van der Waals surface area contributed by atoms with Crippen LogP contribution in [-0.4, -0.2) is 24.9 Å². The normalized spacial score (nSPS) is 13.0. The van der Waals surface area contributed by atoms with E-state index < -0.39 is 16.3 Å². The number of rotatable bonds is 4. The largest absolute Gasteiger partial charge is 0.497 e. The molecule has 1 atom stereocenters. The van der Waals surface area contributed by atoms with E-state index in [1.807, 2.05) is 54.6 Å². The van der Waals surface area contributed by atoms with Crippen LogP contribution in [0.3, 0.4) is 0 Å². The number of benzene rings is 2. The number of halogens is 1. The summed E-state index contributed by atoms with van der Waals surface area (Å²) in [5, 5.41) is 11.4. The molecule has 1 aromatic heterocycles. The molecule has 8 nitrogen and oxygen atoms in total. The summed E-state index contributed by atoms with van der Waals surface area (Å²) in [4.78, 5) is 3.28. The fourth-order valence-corrected chi connectivity index (χ4v) is 2.44. The Morgan fingerprint density at radius 2 is 1.71 bits per heavy atom. The number of aliphatic hydroxyl groups excluding tert-OH is 1. The van der Waals surface area contributed by atoms with Crippen molar-refractivity contribution in [2.24, 2.45) is 0 Å². The molecule has 2 aromatic carbocycles. The van der Waals surface area contributed by atoms with Crippen molar-refractivity contribution in [1.82, 2.24) is 0 Å². The molecular weight excluding hydrogens is 390 g/mol. The zero-order chi connectivity index (χ0) is 20.7. The van der Waals surface area contributed by atoms with Crippen LogP contribution in [0.2, 0.25) is 0 Å². The number of fused-ring (bicyclic) bond motifs is 1. The Morgan fingerprint density at radius 1 is 1.07 bits per heavy atom. The van der Waals surface area contributed by atoms with Gasteiger partial charge in [0.2, 0.25) is 5.36 Å². The second-order valence-electron chi connectivity index (χ2n) is 5.86. The van der Waals surface area contributed by atoms with Gasteiger partial charge in [-0.25, -0.2) is 23.6 Å². The molecule has 0 bridgehead atoms. The van der Waals surface area contributed by atoms with Gasteiger partial charge in [0.25, 0.3) is 0 Å². The van der Waals surface area contributed by atoms with Crippen LogP contribution in [0.1, 0.15) is 6.92 Å². The first kappa shape index (κ1) is 21.8. The predicted octanol–water partition coefficient (Wildman–Crippen LogP) is -3.29. The van der Waals surface area contributed by atoms with Crippen molar-refractivity contribution in [1.29, 1.82) is 0 Å². The monoisotopic (exact) mass is 409 g/mol. The van der Waals surface area contributed by atoms with Gasteiger partial charge in [-0.05, 0) is 25.1 Å². The molecule has 0 aliphatic rings. The molecule has 2 N–H and O–H groups in total. The SMILES string of the molecule is COc1ccc2oc(-c3ccccc3)cc(=[NH+]CC(C)O)c2c1.[O-][Cl+3]([O-])([O-])[O-]. The fraction of sp³-hybridized carbons (Fsp3) is 0.211. The minimum atomic E-state index is -4.94. The second-order valence-corrected chi connectivity index (χ2v) is 6.62. The van der Waals surface area contributed by atoms with E-state index in [-0.39, 0.29) is 0 Å². The van der Waals surface area contributed by atoms with Crippen LogP contribution >= 0.6 is 0 Å². The van der Waals surface area contributed by atoms with Crippen LogP contribution in [0.15, 0.2) is 59.0 Å². The average Bonchev–Trinajstić information content (AvgIpc) is 2.64. The Kier molecular flexibility index (Phi) is 7.53. The molecule has 0 fully saturated rings. The smallest absolute Gasteiger partial charge is 0.213 e. The first-order valence-corrected chi connectivity index (χ1v) is 9.45. The first-order chi connectivity index (χ1) is 13.2. The summed E-state index contributed by atoms with van der Waals surface area (Å²) < 4.78 is 45.3. The van der Waals surface area contributed by atoms with Crippen molar-refractivity contribution in [3.63, 3.8) is 0 Å². The maximum absolute atomic E-state index is 9.56. The van der Waals surface area contributed by atoms with Crippen molar-refractivity contribution < 1.29 is 48.1 Å². The van der Waals surface area contributed by atoms with E-state index in [9.17, 15) is 5.11 Å². The van der Waals surface area contributed by atoms with E-state index in [2.05, 4.69) is 4.99 Å². The molecule has 28 heavy (non-hydrogen) atoms. The quantitative estimate of drug-likeness (QED) is 0.458. The van der Waals surface area contributed by atoms with Gasteiger partial charge in [-0.2, -0.15) is 0 Å². The number of aliphatic hydroxyl groups is 1. The van der Waals surface area contributed by atoms with Gasteiger partial charge < -0.3 is 14.3 Å². The van der Waals surface area contributed by atoms with Crippen molar-refractivity contribution >= 4 is 11.0 Å². The highest BCUT2D eigenvalue weighted by molar-refractivity contribution is 5.79. The molecule has 3 rings (SSSR count). The summed E-state index contributed by atoms with van der Waals surface area (Å²) in [5.74, 6) is 1.54. The van der Waals surface area contributed by atoms with Gasteiger partial charge in [0, 0.05) is 5.56 Å². The minimum Gasteiger partial charge on any atom is -0.497 e. The van der Waals surface area contributed by atoms with Crippen LogP contribution in [0.5, 0.6) is 5.75 Å². The van der Waals surface area contributed by atoms with Crippen LogP contribution in [0, 0.1) is 10.2 Å². The highest BCUT2D eigenvalue weighted by atomic mass is 35.7. The zero-order valence-electron chi connectivity index (χ0n) is 15.3. The third-order valence-electron chi connectivity index (χ3n) is 3.62. The van der Waals surface area contributed by atoms with E-state index in [0.29, 0.717) is 6.54 Å². The van der Waals surface area contributed by atoms with E-state index in [1.54, 1.807) is 14.0 Å². The molecule has 150 valence electrons. The Bertz CT molecular complexity index is 959. The molecule has 0 aliphatic carbocycles. The molecule has 1 unspecified atom stereocenters. The topological polar surface area (TPSA) is 149 Å². The maximum atomic E-state index is 9.56. The number of nitrogens with one attached hydrogen (secondary N) is 1. The van der Waals surface area contributed by atoms with Crippen molar-refractivity contribution in [3.05, 3.63) is 60.0 Å². The van der Waals surface area contributed by atoms with E-state index >= 15 is 0 Å². The summed E-state index contributed by atoms with van der Waals surface area (Å²) in [6, 6.07) is 17.6. The van der Waals surface area contributed by atoms with E-state index in [1.165, 1.54) is 0 Å². The van der Waals surface area contributed by atoms with E-state index in [4.69, 9.17) is 27.8 Å². The van der Waals surface area contributed by atoms with Gasteiger partial charge in [0.05, 0.1) is 18.6 Å².